The molecule has 0 saturated carbocycles. The molecule has 0 radical (unpaired) electrons. The zero-order chi connectivity index (χ0) is 21.3. The van der Waals surface area contributed by atoms with Crippen LogP contribution >= 0.6 is 0 Å². The first-order valence-electron chi connectivity index (χ1n) is 5.05. The first kappa shape index (κ1) is 27.0. The third kappa shape index (κ3) is 17.6. The Labute approximate surface area is 132 Å². The van der Waals surface area contributed by atoms with E-state index in [2.05, 4.69) is 23.7 Å². The highest BCUT2D eigenvalue weighted by Gasteiger charge is 2.50. The van der Waals surface area contributed by atoms with Gasteiger partial charge in [-0.1, -0.05) is 0 Å². The average molecular weight is 434 g/mol. The van der Waals surface area contributed by atoms with E-state index in [1.807, 2.05) is 0 Å². The van der Waals surface area contributed by atoms with Crippen molar-refractivity contribution in [3.63, 3.8) is 0 Å². The van der Waals surface area contributed by atoms with E-state index in [9.17, 15) is 61.5 Å². The monoisotopic (exact) mass is 434 g/mol. The van der Waals surface area contributed by atoms with Gasteiger partial charge in [0.25, 0.3) is 0 Å². The minimum Gasteiger partial charge on any atom is -0.232 e. The van der Waals surface area contributed by atoms with Crippen LogP contribution in [0.15, 0.2) is 0 Å². The van der Waals surface area contributed by atoms with Gasteiger partial charge in [-0.3, -0.25) is 0 Å². The lowest BCUT2D eigenvalue weighted by molar-refractivity contribution is -0.552. The fraction of sp³-hybridized carbons (Fsp3) is 1.00. The third-order valence-corrected chi connectivity index (χ3v) is 1.14. The Morgan fingerprint density at radius 2 is 0.577 bits per heavy atom. The summed E-state index contributed by atoms with van der Waals surface area (Å²) in [7, 11) is 0. The standard InChI is InChI=1S/C4H2F8O3.C3H2F6O2/c5-1(6)13-3(9,10)15-4(11,12)14-2(7)8;4-1(5)10-3(8,9)11-2(6)7/h1-2H;1-2H. The normalized spacial score (nSPS) is 13.6. The second-order valence-corrected chi connectivity index (χ2v) is 3.01. The van der Waals surface area contributed by atoms with Crippen LogP contribution in [0.1, 0.15) is 0 Å². The van der Waals surface area contributed by atoms with Crippen molar-refractivity contribution in [2.24, 2.45) is 0 Å². The smallest absolute Gasteiger partial charge is 0.232 e. The van der Waals surface area contributed by atoms with Gasteiger partial charge in [-0.2, -0.15) is 35.1 Å². The summed E-state index contributed by atoms with van der Waals surface area (Å²) in [6.07, 6.45) is -15.9. The minimum absolute atomic E-state index is 2.18. The van der Waals surface area contributed by atoms with Crippen LogP contribution in [0.4, 0.5) is 61.5 Å². The number of hydrogen-bond donors (Lipinski definition) is 0. The van der Waals surface area contributed by atoms with Crippen LogP contribution in [-0.4, -0.2) is 45.3 Å². The van der Waals surface area contributed by atoms with Crippen LogP contribution < -0.4 is 0 Å². The third-order valence-electron chi connectivity index (χ3n) is 1.14. The highest BCUT2D eigenvalue weighted by atomic mass is 19.3. The quantitative estimate of drug-likeness (QED) is 0.372. The molecule has 0 atom stereocenters. The number of hydrogen-bond acceptors (Lipinski definition) is 5. The molecule has 0 aliphatic carbocycles. The van der Waals surface area contributed by atoms with Crippen molar-refractivity contribution in [1.29, 1.82) is 0 Å². The van der Waals surface area contributed by atoms with Crippen LogP contribution in [0.2, 0.25) is 0 Å². The van der Waals surface area contributed by atoms with E-state index in [-0.39, 0.29) is 0 Å². The Bertz CT molecular complexity index is 345. The Morgan fingerprint density at radius 3 is 0.769 bits per heavy atom. The lowest BCUT2D eigenvalue weighted by Gasteiger charge is -2.21. The van der Waals surface area contributed by atoms with E-state index in [1.165, 1.54) is 0 Å². The zero-order valence-electron chi connectivity index (χ0n) is 11.1. The molecular formula is C7H4F14O5. The fourth-order valence-corrected chi connectivity index (χ4v) is 0.629. The maximum Gasteiger partial charge on any atom is 0.496 e. The lowest BCUT2D eigenvalue weighted by atomic mass is 11.1. The van der Waals surface area contributed by atoms with Crippen LogP contribution in [0.25, 0.3) is 0 Å². The van der Waals surface area contributed by atoms with Crippen molar-refractivity contribution in [2.45, 2.75) is 45.3 Å². The summed E-state index contributed by atoms with van der Waals surface area (Å²) in [5.41, 5.74) is 0. The first-order chi connectivity index (χ1) is 11.4. The molecule has 160 valence electrons. The van der Waals surface area contributed by atoms with E-state index in [0.717, 1.165) is 0 Å². The van der Waals surface area contributed by atoms with E-state index < -0.39 is 45.3 Å². The number of rotatable bonds is 10. The Kier molecular flexibility index (Phi) is 11.3. The molecule has 5 nitrogen and oxygen atoms in total. The topological polar surface area (TPSA) is 46.2 Å². The van der Waals surface area contributed by atoms with Gasteiger partial charge >= 0.3 is 45.3 Å². The summed E-state index contributed by atoms with van der Waals surface area (Å²) in [6.45, 7) is -16.0. The molecule has 19 heteroatoms. The molecule has 0 N–H and O–H groups in total. The molecule has 0 spiro atoms. The van der Waals surface area contributed by atoms with Gasteiger partial charge in [0.2, 0.25) is 0 Å². The predicted molar refractivity (Wildman–Crippen MR) is 44.3 cm³/mol. The number of ether oxygens (including phenoxy) is 5. The summed E-state index contributed by atoms with van der Waals surface area (Å²) < 4.78 is 170. The fourth-order valence-electron chi connectivity index (χ4n) is 0.629. The van der Waals surface area contributed by atoms with Gasteiger partial charge in [0.1, 0.15) is 0 Å². The molecule has 0 saturated heterocycles. The van der Waals surface area contributed by atoms with E-state index >= 15 is 0 Å². The van der Waals surface area contributed by atoms with E-state index in [1.54, 1.807) is 0 Å². The molecule has 0 aromatic rings. The SMILES string of the molecule is FC(F)OC(F)(F)OC(F)(F)OC(F)F.FC(F)OC(F)(F)OC(F)F. The van der Waals surface area contributed by atoms with Gasteiger partial charge in [0.05, 0.1) is 0 Å². The maximum atomic E-state index is 11.9. The van der Waals surface area contributed by atoms with Gasteiger partial charge in [-0.25, -0.2) is 23.7 Å². The largest absolute Gasteiger partial charge is 0.496 e. The highest BCUT2D eigenvalue weighted by molar-refractivity contribution is 4.39. The van der Waals surface area contributed by atoms with Gasteiger partial charge < -0.3 is 0 Å². The molecule has 0 rings (SSSR count). The number of halogens is 14. The van der Waals surface area contributed by atoms with E-state index in [0.29, 0.717) is 0 Å². The Hall–Kier alpha value is -1.18. The molecule has 0 fully saturated rings. The molecule has 0 aliphatic rings. The summed E-state index contributed by atoms with van der Waals surface area (Å²) in [4.78, 5) is 0. The van der Waals surface area contributed by atoms with Crippen molar-refractivity contribution >= 4 is 0 Å². The summed E-state index contributed by atoms with van der Waals surface area (Å²) >= 11 is 0. The van der Waals surface area contributed by atoms with Crippen molar-refractivity contribution < 1.29 is 85.2 Å². The zero-order valence-corrected chi connectivity index (χ0v) is 11.1. The van der Waals surface area contributed by atoms with Crippen molar-refractivity contribution in [2.75, 3.05) is 0 Å². The summed E-state index contributed by atoms with van der Waals surface area (Å²) in [5, 5.41) is 0. The molecule has 0 aromatic carbocycles. The molecule has 0 amide bonds. The van der Waals surface area contributed by atoms with Crippen LogP contribution in [0, 0.1) is 0 Å². The van der Waals surface area contributed by atoms with Crippen molar-refractivity contribution in [1.82, 2.24) is 0 Å². The molecule has 26 heavy (non-hydrogen) atoms. The Morgan fingerprint density at radius 1 is 0.385 bits per heavy atom. The minimum atomic E-state index is -5.47. The Balaban J connectivity index is 0. The van der Waals surface area contributed by atoms with Gasteiger partial charge in [0.15, 0.2) is 0 Å². The molecule has 0 bridgehead atoms. The van der Waals surface area contributed by atoms with Gasteiger partial charge in [0, 0.05) is 0 Å². The van der Waals surface area contributed by atoms with Crippen molar-refractivity contribution in [3.05, 3.63) is 0 Å². The van der Waals surface area contributed by atoms with Crippen molar-refractivity contribution in [3.8, 4) is 0 Å². The first-order valence-corrected chi connectivity index (χ1v) is 5.05. The average Bonchev–Trinajstić information content (AvgIpc) is 2.17. The van der Waals surface area contributed by atoms with E-state index in [4.69, 9.17) is 0 Å². The highest BCUT2D eigenvalue weighted by Crippen LogP contribution is 2.31. The molecule has 0 aliphatic heterocycles. The molecule has 0 aromatic heterocycles. The number of alkyl halides is 14. The van der Waals surface area contributed by atoms with Crippen LogP contribution in [0.3, 0.4) is 0 Å². The summed E-state index contributed by atoms with van der Waals surface area (Å²) in [5.74, 6) is 0. The second-order valence-electron chi connectivity index (χ2n) is 3.01. The van der Waals surface area contributed by atoms with Crippen LogP contribution in [0.5, 0.6) is 0 Å². The molecule has 0 heterocycles. The maximum absolute atomic E-state index is 11.9. The second kappa shape index (κ2) is 10.8. The molecular weight excluding hydrogens is 430 g/mol. The van der Waals surface area contributed by atoms with Gasteiger partial charge in [-0.15, -0.1) is 26.3 Å². The van der Waals surface area contributed by atoms with Gasteiger partial charge in [-0.05, 0) is 0 Å². The predicted octanol–water partition coefficient (Wildman–Crippen LogP) is 4.60. The molecule has 0 unspecified atom stereocenters. The summed E-state index contributed by atoms with van der Waals surface area (Å²) in [6, 6.07) is 0. The van der Waals surface area contributed by atoms with Crippen LogP contribution in [-0.2, 0) is 23.7 Å². The lowest BCUT2D eigenvalue weighted by Crippen LogP contribution is -2.39.